The summed E-state index contributed by atoms with van der Waals surface area (Å²) in [4.78, 5) is 22.2. The Bertz CT molecular complexity index is 457. The van der Waals surface area contributed by atoms with Crippen molar-refractivity contribution >= 4 is 12.1 Å². The number of nitrogens with one attached hydrogen (secondary N) is 1. The van der Waals surface area contributed by atoms with Gasteiger partial charge in [-0.05, 0) is 31.2 Å². The molecule has 1 fully saturated rings. The normalized spacial score (nSPS) is 17.5. The van der Waals surface area contributed by atoms with E-state index in [0.29, 0.717) is 24.5 Å². The van der Waals surface area contributed by atoms with Gasteiger partial charge in [0.25, 0.3) is 0 Å². The SMILES string of the molecule is CCOC(=O)c1ccc(OCC2CNC(=O)O2)cc1. The van der Waals surface area contributed by atoms with Gasteiger partial charge in [-0.25, -0.2) is 9.59 Å². The molecule has 1 aromatic rings. The summed E-state index contributed by atoms with van der Waals surface area (Å²) < 4.78 is 15.3. The lowest BCUT2D eigenvalue weighted by Crippen LogP contribution is -2.21. The minimum Gasteiger partial charge on any atom is -0.490 e. The van der Waals surface area contributed by atoms with E-state index in [0.717, 1.165) is 0 Å². The first-order chi connectivity index (χ1) is 9.19. The van der Waals surface area contributed by atoms with Crippen LogP contribution in [0.1, 0.15) is 17.3 Å². The maximum atomic E-state index is 11.4. The van der Waals surface area contributed by atoms with Gasteiger partial charge in [0.15, 0.2) is 6.10 Å². The lowest BCUT2D eigenvalue weighted by atomic mass is 10.2. The fourth-order valence-electron chi connectivity index (χ4n) is 1.62. The van der Waals surface area contributed by atoms with Gasteiger partial charge in [-0.1, -0.05) is 0 Å². The molecule has 1 aromatic carbocycles. The number of hydrogen-bond acceptors (Lipinski definition) is 5. The summed E-state index contributed by atoms with van der Waals surface area (Å²) in [6.45, 7) is 2.82. The average molecular weight is 265 g/mol. The highest BCUT2D eigenvalue weighted by Crippen LogP contribution is 2.14. The second kappa shape index (κ2) is 6.08. The number of alkyl carbamates (subject to hydrolysis) is 1. The van der Waals surface area contributed by atoms with Crippen LogP contribution in [-0.2, 0) is 9.47 Å². The van der Waals surface area contributed by atoms with Gasteiger partial charge in [0.2, 0.25) is 0 Å². The molecule has 0 radical (unpaired) electrons. The number of rotatable bonds is 5. The largest absolute Gasteiger partial charge is 0.490 e. The fraction of sp³-hybridized carbons (Fsp3) is 0.385. The number of hydrogen-bond donors (Lipinski definition) is 1. The molecular formula is C13H15NO5. The number of ether oxygens (including phenoxy) is 3. The molecule has 102 valence electrons. The second-order valence-corrected chi connectivity index (χ2v) is 3.96. The molecular weight excluding hydrogens is 250 g/mol. The van der Waals surface area contributed by atoms with E-state index in [1.807, 2.05) is 0 Å². The Morgan fingerprint density at radius 2 is 2.16 bits per heavy atom. The van der Waals surface area contributed by atoms with Crippen LogP contribution >= 0.6 is 0 Å². The van der Waals surface area contributed by atoms with E-state index in [1.165, 1.54) is 0 Å². The van der Waals surface area contributed by atoms with Crippen LogP contribution < -0.4 is 10.1 Å². The standard InChI is InChI=1S/C13H15NO5/c1-2-17-12(15)9-3-5-10(6-4-9)18-8-11-7-14-13(16)19-11/h3-6,11H,2,7-8H2,1H3,(H,14,16). The van der Waals surface area contributed by atoms with Gasteiger partial charge in [-0.15, -0.1) is 0 Å². The summed E-state index contributed by atoms with van der Waals surface area (Å²) in [5.74, 6) is 0.249. The van der Waals surface area contributed by atoms with Crippen molar-refractivity contribution in [3.05, 3.63) is 29.8 Å². The maximum Gasteiger partial charge on any atom is 0.407 e. The zero-order valence-electron chi connectivity index (χ0n) is 10.5. The first kappa shape index (κ1) is 13.2. The number of carbonyl (C=O) groups is 2. The summed E-state index contributed by atoms with van der Waals surface area (Å²) in [7, 11) is 0. The third-order valence-electron chi connectivity index (χ3n) is 2.55. The van der Waals surface area contributed by atoms with Crippen LogP contribution in [0.25, 0.3) is 0 Å². The van der Waals surface area contributed by atoms with Crippen LogP contribution in [0.3, 0.4) is 0 Å². The molecule has 6 nitrogen and oxygen atoms in total. The Labute approximate surface area is 110 Å². The molecule has 1 saturated heterocycles. The van der Waals surface area contributed by atoms with E-state index in [4.69, 9.17) is 14.2 Å². The Kier molecular flexibility index (Phi) is 4.22. The van der Waals surface area contributed by atoms with E-state index in [1.54, 1.807) is 31.2 Å². The van der Waals surface area contributed by atoms with Gasteiger partial charge in [0, 0.05) is 0 Å². The van der Waals surface area contributed by atoms with Crippen LogP contribution in [0.4, 0.5) is 4.79 Å². The molecule has 1 amide bonds. The Hall–Kier alpha value is -2.24. The molecule has 1 atom stereocenters. The van der Waals surface area contributed by atoms with Crippen LogP contribution in [0, 0.1) is 0 Å². The quantitative estimate of drug-likeness (QED) is 0.813. The third-order valence-corrected chi connectivity index (χ3v) is 2.55. The highest BCUT2D eigenvalue weighted by atomic mass is 16.6. The molecule has 1 unspecified atom stereocenters. The molecule has 1 aliphatic rings. The molecule has 2 rings (SSSR count). The maximum absolute atomic E-state index is 11.4. The van der Waals surface area contributed by atoms with E-state index in [2.05, 4.69) is 5.32 Å². The minimum atomic E-state index is -0.425. The van der Waals surface area contributed by atoms with Crippen LogP contribution in [0.5, 0.6) is 5.75 Å². The predicted molar refractivity (Wildman–Crippen MR) is 66.2 cm³/mol. The number of amides is 1. The van der Waals surface area contributed by atoms with Crippen molar-refractivity contribution in [3.63, 3.8) is 0 Å². The zero-order valence-corrected chi connectivity index (χ0v) is 10.5. The number of benzene rings is 1. The molecule has 0 bridgehead atoms. The van der Waals surface area contributed by atoms with E-state index in [-0.39, 0.29) is 18.7 Å². The number of esters is 1. The van der Waals surface area contributed by atoms with Gasteiger partial charge in [-0.3, -0.25) is 0 Å². The lowest BCUT2D eigenvalue weighted by Gasteiger charge is -2.10. The molecule has 0 spiro atoms. The van der Waals surface area contributed by atoms with Crippen molar-refractivity contribution in [2.45, 2.75) is 13.0 Å². The average Bonchev–Trinajstić information content (AvgIpc) is 2.83. The molecule has 0 saturated carbocycles. The fourth-order valence-corrected chi connectivity index (χ4v) is 1.62. The summed E-state index contributed by atoms with van der Waals surface area (Å²) >= 11 is 0. The smallest absolute Gasteiger partial charge is 0.407 e. The molecule has 0 aromatic heterocycles. The highest BCUT2D eigenvalue weighted by molar-refractivity contribution is 5.89. The van der Waals surface area contributed by atoms with Crippen LogP contribution in [0.2, 0.25) is 0 Å². The third kappa shape index (κ3) is 3.61. The second-order valence-electron chi connectivity index (χ2n) is 3.96. The first-order valence-electron chi connectivity index (χ1n) is 6.03. The zero-order chi connectivity index (χ0) is 13.7. The minimum absolute atomic E-state index is 0.275. The van der Waals surface area contributed by atoms with Crippen molar-refractivity contribution in [2.75, 3.05) is 19.8 Å². The highest BCUT2D eigenvalue weighted by Gasteiger charge is 2.22. The van der Waals surface area contributed by atoms with Crippen LogP contribution in [0.15, 0.2) is 24.3 Å². The molecule has 19 heavy (non-hydrogen) atoms. The van der Waals surface area contributed by atoms with E-state index in [9.17, 15) is 9.59 Å². The van der Waals surface area contributed by atoms with Crippen molar-refractivity contribution in [3.8, 4) is 5.75 Å². The Balaban J connectivity index is 1.85. The van der Waals surface area contributed by atoms with Crippen molar-refractivity contribution in [1.29, 1.82) is 0 Å². The van der Waals surface area contributed by atoms with Gasteiger partial charge < -0.3 is 19.5 Å². The topological polar surface area (TPSA) is 73.9 Å². The van der Waals surface area contributed by atoms with Crippen molar-refractivity contribution < 1.29 is 23.8 Å². The lowest BCUT2D eigenvalue weighted by molar-refractivity contribution is 0.0526. The summed E-state index contributed by atoms with van der Waals surface area (Å²) in [6, 6.07) is 6.62. The molecule has 1 heterocycles. The monoisotopic (exact) mass is 265 g/mol. The first-order valence-corrected chi connectivity index (χ1v) is 6.03. The van der Waals surface area contributed by atoms with Crippen molar-refractivity contribution in [2.24, 2.45) is 0 Å². The summed E-state index contributed by atoms with van der Waals surface area (Å²) in [5.41, 5.74) is 0.475. The number of carbonyl (C=O) groups excluding carboxylic acids is 2. The van der Waals surface area contributed by atoms with E-state index >= 15 is 0 Å². The Morgan fingerprint density at radius 1 is 1.42 bits per heavy atom. The van der Waals surface area contributed by atoms with Gasteiger partial charge in [0.1, 0.15) is 12.4 Å². The summed E-state index contributed by atoms with van der Waals surface area (Å²) in [6.07, 6.45) is -0.705. The molecule has 6 heteroatoms. The van der Waals surface area contributed by atoms with Gasteiger partial charge in [-0.2, -0.15) is 0 Å². The molecule has 1 N–H and O–H groups in total. The Morgan fingerprint density at radius 3 is 2.74 bits per heavy atom. The molecule has 0 aliphatic carbocycles. The van der Waals surface area contributed by atoms with Gasteiger partial charge >= 0.3 is 12.1 Å². The molecule has 1 aliphatic heterocycles. The van der Waals surface area contributed by atoms with Crippen LogP contribution in [-0.4, -0.2) is 37.9 Å². The predicted octanol–water partition coefficient (Wildman–Crippen LogP) is 1.35. The summed E-state index contributed by atoms with van der Waals surface area (Å²) in [5, 5.41) is 2.54. The van der Waals surface area contributed by atoms with E-state index < -0.39 is 6.09 Å². The van der Waals surface area contributed by atoms with Gasteiger partial charge in [0.05, 0.1) is 18.7 Å². The number of cyclic esters (lactones) is 1. The van der Waals surface area contributed by atoms with Crippen molar-refractivity contribution in [1.82, 2.24) is 5.32 Å².